The Morgan fingerprint density at radius 2 is 1.86 bits per heavy atom. The fraction of sp³-hybridized carbons (Fsp3) is 0.409. The number of anilines is 1. The second-order valence-electron chi connectivity index (χ2n) is 8.11. The molecule has 29 heavy (non-hydrogen) atoms. The van der Waals surface area contributed by atoms with Crippen LogP contribution in [-0.4, -0.2) is 32.7 Å². The van der Waals surface area contributed by atoms with E-state index in [9.17, 15) is 13.2 Å². The van der Waals surface area contributed by atoms with E-state index in [4.69, 9.17) is 4.74 Å². The van der Waals surface area contributed by atoms with E-state index in [2.05, 4.69) is 5.32 Å². The molecule has 1 N–H and O–H groups in total. The largest absolute Gasteiger partial charge is 0.487 e. The molecule has 1 aliphatic rings. The molecular formula is C22H28N2O4S. The van der Waals surface area contributed by atoms with Crippen molar-refractivity contribution in [3.8, 4) is 5.75 Å². The first kappa shape index (κ1) is 21.2. The van der Waals surface area contributed by atoms with Gasteiger partial charge in [-0.2, -0.15) is 0 Å². The number of fused-ring (bicyclic) bond motifs is 1. The van der Waals surface area contributed by atoms with Crippen LogP contribution >= 0.6 is 0 Å². The monoisotopic (exact) mass is 416 g/mol. The second-order valence-corrected chi connectivity index (χ2v) is 10.0. The maximum Gasteiger partial charge on any atom is 0.251 e. The summed E-state index contributed by atoms with van der Waals surface area (Å²) in [4.78, 5) is 12.9. The van der Waals surface area contributed by atoms with Crippen molar-refractivity contribution in [3.63, 3.8) is 0 Å². The van der Waals surface area contributed by atoms with Crippen LogP contribution in [0.15, 0.2) is 42.5 Å². The predicted molar refractivity (Wildman–Crippen MR) is 115 cm³/mol. The highest BCUT2D eigenvalue weighted by Gasteiger charge is 2.34. The molecule has 1 atom stereocenters. The zero-order chi connectivity index (χ0) is 21.4. The number of benzene rings is 2. The van der Waals surface area contributed by atoms with Gasteiger partial charge in [0.25, 0.3) is 5.91 Å². The summed E-state index contributed by atoms with van der Waals surface area (Å²) in [5.74, 6) is 0.599. The normalized spacial score (nSPS) is 17.8. The highest BCUT2D eigenvalue weighted by molar-refractivity contribution is 7.92. The van der Waals surface area contributed by atoms with Gasteiger partial charge in [0.1, 0.15) is 11.4 Å². The van der Waals surface area contributed by atoms with Crippen molar-refractivity contribution in [3.05, 3.63) is 59.2 Å². The van der Waals surface area contributed by atoms with Crippen LogP contribution in [0.25, 0.3) is 0 Å². The molecule has 7 heteroatoms. The minimum Gasteiger partial charge on any atom is -0.487 e. The molecule has 0 bridgehead atoms. The Bertz CT molecular complexity index is 1010. The standard InChI is InChI=1S/C22H28N2O4S/c1-6-24(29(5,26)27)17-10-8-16(9-11-17)21(25)23-19-14-22(3,4)28-20-13-15(2)7-12-18(19)20/h7-13,19H,6,14H2,1-5H3,(H,23,25)/t19-/m0/s1. The van der Waals surface area contributed by atoms with Crippen LogP contribution in [0, 0.1) is 6.92 Å². The fourth-order valence-electron chi connectivity index (χ4n) is 3.72. The fourth-order valence-corrected chi connectivity index (χ4v) is 4.69. The van der Waals surface area contributed by atoms with Gasteiger partial charge in [0, 0.05) is 24.1 Å². The van der Waals surface area contributed by atoms with Crippen molar-refractivity contribution in [1.29, 1.82) is 0 Å². The van der Waals surface area contributed by atoms with E-state index >= 15 is 0 Å². The van der Waals surface area contributed by atoms with Crippen molar-refractivity contribution in [1.82, 2.24) is 5.32 Å². The molecule has 0 aliphatic carbocycles. The summed E-state index contributed by atoms with van der Waals surface area (Å²) in [6.45, 7) is 8.13. The van der Waals surface area contributed by atoms with Crippen LogP contribution in [0.5, 0.6) is 5.75 Å². The number of ether oxygens (including phenoxy) is 1. The SMILES string of the molecule is CCN(c1ccc(C(=O)N[C@H]2CC(C)(C)Oc3cc(C)ccc32)cc1)S(C)(=O)=O. The Kier molecular flexibility index (Phi) is 5.63. The third kappa shape index (κ3) is 4.72. The van der Waals surface area contributed by atoms with Gasteiger partial charge < -0.3 is 10.1 Å². The molecule has 0 radical (unpaired) electrons. The summed E-state index contributed by atoms with van der Waals surface area (Å²) in [6.07, 6.45) is 1.83. The molecule has 156 valence electrons. The zero-order valence-electron chi connectivity index (χ0n) is 17.5. The molecule has 0 aromatic heterocycles. The Morgan fingerprint density at radius 1 is 1.21 bits per heavy atom. The van der Waals surface area contributed by atoms with Gasteiger partial charge in [-0.05, 0) is 63.6 Å². The lowest BCUT2D eigenvalue weighted by atomic mass is 9.89. The number of aryl methyl sites for hydroxylation is 1. The lowest BCUT2D eigenvalue weighted by molar-refractivity contribution is 0.0619. The maximum absolute atomic E-state index is 12.9. The number of amides is 1. The molecular weight excluding hydrogens is 388 g/mol. The second kappa shape index (κ2) is 7.71. The lowest BCUT2D eigenvalue weighted by Crippen LogP contribution is -2.41. The van der Waals surface area contributed by atoms with Crippen LogP contribution in [0.3, 0.4) is 0 Å². The van der Waals surface area contributed by atoms with E-state index in [1.165, 1.54) is 10.6 Å². The van der Waals surface area contributed by atoms with Gasteiger partial charge in [-0.3, -0.25) is 9.10 Å². The summed E-state index contributed by atoms with van der Waals surface area (Å²) in [5.41, 5.74) is 2.71. The van der Waals surface area contributed by atoms with E-state index in [1.54, 1.807) is 31.2 Å². The number of carbonyl (C=O) groups excluding carboxylic acids is 1. The maximum atomic E-state index is 12.9. The summed E-state index contributed by atoms with van der Waals surface area (Å²) in [5, 5.41) is 3.11. The van der Waals surface area contributed by atoms with Crippen molar-refractivity contribution < 1.29 is 17.9 Å². The quantitative estimate of drug-likeness (QED) is 0.804. The van der Waals surface area contributed by atoms with E-state index in [0.29, 0.717) is 24.2 Å². The first-order chi connectivity index (χ1) is 13.5. The van der Waals surface area contributed by atoms with E-state index in [-0.39, 0.29) is 17.6 Å². The molecule has 0 saturated heterocycles. The number of carbonyl (C=O) groups is 1. The van der Waals surface area contributed by atoms with Crippen LogP contribution in [0.1, 0.15) is 54.7 Å². The Labute approximate surface area is 172 Å². The minimum absolute atomic E-state index is 0.162. The van der Waals surface area contributed by atoms with Crippen LogP contribution in [0.2, 0.25) is 0 Å². The average molecular weight is 417 g/mol. The molecule has 0 spiro atoms. The first-order valence-corrected chi connectivity index (χ1v) is 11.5. The van der Waals surface area contributed by atoms with E-state index in [1.807, 2.05) is 39.0 Å². The highest BCUT2D eigenvalue weighted by Crippen LogP contribution is 2.40. The van der Waals surface area contributed by atoms with Crippen molar-refractivity contribution in [2.45, 2.75) is 45.8 Å². The molecule has 1 heterocycles. The summed E-state index contributed by atoms with van der Waals surface area (Å²) < 4.78 is 31.2. The van der Waals surface area contributed by atoms with Gasteiger partial charge >= 0.3 is 0 Å². The van der Waals surface area contributed by atoms with Gasteiger partial charge in [-0.1, -0.05) is 12.1 Å². The summed E-state index contributed by atoms with van der Waals surface area (Å²) in [6, 6.07) is 12.5. The number of sulfonamides is 1. The predicted octanol–water partition coefficient (Wildman–Crippen LogP) is 3.81. The Balaban J connectivity index is 1.82. The summed E-state index contributed by atoms with van der Waals surface area (Å²) >= 11 is 0. The third-order valence-electron chi connectivity index (χ3n) is 5.04. The van der Waals surface area contributed by atoms with Gasteiger partial charge in [-0.15, -0.1) is 0 Å². The molecule has 0 unspecified atom stereocenters. The Morgan fingerprint density at radius 3 is 2.45 bits per heavy atom. The zero-order valence-corrected chi connectivity index (χ0v) is 18.3. The molecule has 2 aromatic rings. The first-order valence-electron chi connectivity index (χ1n) is 9.68. The van der Waals surface area contributed by atoms with Crippen molar-refractivity contribution in [2.24, 2.45) is 0 Å². The number of nitrogens with zero attached hydrogens (tertiary/aromatic N) is 1. The van der Waals surface area contributed by atoms with Gasteiger partial charge in [0.15, 0.2) is 0 Å². The van der Waals surface area contributed by atoms with E-state index in [0.717, 1.165) is 16.9 Å². The van der Waals surface area contributed by atoms with Crippen molar-refractivity contribution in [2.75, 3.05) is 17.1 Å². The molecule has 3 rings (SSSR count). The van der Waals surface area contributed by atoms with Gasteiger partial charge in [0.2, 0.25) is 10.0 Å². The Hall–Kier alpha value is -2.54. The highest BCUT2D eigenvalue weighted by atomic mass is 32.2. The van der Waals surface area contributed by atoms with Gasteiger partial charge in [0.05, 0.1) is 18.0 Å². The lowest BCUT2D eigenvalue weighted by Gasteiger charge is -2.38. The molecule has 0 saturated carbocycles. The molecule has 0 fully saturated rings. The molecule has 1 amide bonds. The number of nitrogens with one attached hydrogen (secondary N) is 1. The third-order valence-corrected chi connectivity index (χ3v) is 6.31. The van der Waals surface area contributed by atoms with Crippen molar-refractivity contribution >= 4 is 21.6 Å². The van der Waals surface area contributed by atoms with E-state index < -0.39 is 10.0 Å². The number of hydrogen-bond acceptors (Lipinski definition) is 4. The molecule has 6 nitrogen and oxygen atoms in total. The molecule has 1 aliphatic heterocycles. The van der Waals surface area contributed by atoms with Crippen LogP contribution in [-0.2, 0) is 10.0 Å². The van der Waals surface area contributed by atoms with Gasteiger partial charge in [-0.25, -0.2) is 8.42 Å². The van der Waals surface area contributed by atoms with Crippen LogP contribution < -0.4 is 14.4 Å². The number of rotatable bonds is 5. The summed E-state index contributed by atoms with van der Waals surface area (Å²) in [7, 11) is -3.35. The average Bonchev–Trinajstić information content (AvgIpc) is 2.60. The molecule has 2 aromatic carbocycles. The topological polar surface area (TPSA) is 75.7 Å². The minimum atomic E-state index is -3.35. The number of hydrogen-bond donors (Lipinski definition) is 1. The van der Waals surface area contributed by atoms with Crippen LogP contribution in [0.4, 0.5) is 5.69 Å². The smallest absolute Gasteiger partial charge is 0.251 e.